The molecule has 0 aliphatic heterocycles. The van der Waals surface area contributed by atoms with E-state index in [0.717, 1.165) is 11.3 Å². The number of carbonyl (C=O) groups excluding carboxylic acids is 1. The van der Waals surface area contributed by atoms with Gasteiger partial charge in [0.15, 0.2) is 12.4 Å². The lowest BCUT2D eigenvalue weighted by Gasteiger charge is -2.02. The van der Waals surface area contributed by atoms with E-state index >= 15 is 0 Å². The molecule has 104 valence electrons. The third-order valence-corrected chi connectivity index (χ3v) is 2.72. The number of nitrogens with one attached hydrogen (secondary N) is 1. The minimum absolute atomic E-state index is 0. The van der Waals surface area contributed by atoms with Crippen LogP contribution in [0.5, 0.6) is 0 Å². The molecule has 5 heteroatoms. The number of nitrogens with zero attached hydrogens (tertiary/aromatic N) is 2. The molecule has 0 bridgehead atoms. The molecule has 0 radical (unpaired) electrons. The molecule has 0 saturated heterocycles. The highest BCUT2D eigenvalue weighted by atomic mass is 127. The number of rotatable bonds is 3. The molecular formula is C15H16IN3O. The van der Waals surface area contributed by atoms with Crippen LogP contribution >= 0.6 is 0 Å². The number of aromatic nitrogens is 1. The number of aryl methyl sites for hydroxylation is 1. The van der Waals surface area contributed by atoms with Crippen molar-refractivity contribution in [3.05, 3.63) is 66.0 Å². The first-order valence-corrected chi connectivity index (χ1v) is 6.02. The molecule has 20 heavy (non-hydrogen) atoms. The first-order valence-electron chi connectivity index (χ1n) is 6.02. The maximum atomic E-state index is 11.8. The Bertz CT molecular complexity index is 612. The second-order valence-corrected chi connectivity index (χ2v) is 4.26. The van der Waals surface area contributed by atoms with Crippen molar-refractivity contribution in [2.75, 3.05) is 0 Å². The van der Waals surface area contributed by atoms with Crippen molar-refractivity contribution in [1.82, 2.24) is 5.43 Å². The smallest absolute Gasteiger partial charge is 0.271 e. The van der Waals surface area contributed by atoms with Crippen molar-refractivity contribution < 1.29 is 33.3 Å². The summed E-state index contributed by atoms with van der Waals surface area (Å²) in [5.41, 5.74) is 4.89. The van der Waals surface area contributed by atoms with Crippen molar-refractivity contribution in [1.29, 1.82) is 0 Å². The van der Waals surface area contributed by atoms with Gasteiger partial charge in [0.25, 0.3) is 5.91 Å². The molecule has 0 atom stereocenters. The summed E-state index contributed by atoms with van der Waals surface area (Å²) in [4.78, 5) is 11.8. The number of hydrogen-bond donors (Lipinski definition) is 1. The molecule has 0 unspecified atom stereocenters. The first-order chi connectivity index (χ1) is 9.16. The summed E-state index contributed by atoms with van der Waals surface area (Å²) in [5, 5.41) is 4.12. The van der Waals surface area contributed by atoms with Crippen molar-refractivity contribution >= 4 is 11.6 Å². The molecule has 1 heterocycles. The molecule has 0 saturated carbocycles. The number of amides is 1. The largest absolute Gasteiger partial charge is 1.00 e. The lowest BCUT2D eigenvalue weighted by molar-refractivity contribution is -0.671. The van der Waals surface area contributed by atoms with Gasteiger partial charge >= 0.3 is 0 Å². The van der Waals surface area contributed by atoms with Gasteiger partial charge in [0.2, 0.25) is 0 Å². The number of pyridine rings is 1. The van der Waals surface area contributed by atoms with Crippen molar-refractivity contribution in [2.45, 2.75) is 6.92 Å². The van der Waals surface area contributed by atoms with Gasteiger partial charge in [-0.25, -0.2) is 9.99 Å². The number of halogens is 1. The fourth-order valence-corrected chi connectivity index (χ4v) is 1.66. The maximum absolute atomic E-state index is 11.8. The van der Waals surface area contributed by atoms with E-state index in [-0.39, 0.29) is 29.9 Å². The topological polar surface area (TPSA) is 45.3 Å². The van der Waals surface area contributed by atoms with E-state index in [1.54, 1.807) is 12.1 Å². The zero-order chi connectivity index (χ0) is 13.7. The maximum Gasteiger partial charge on any atom is 0.271 e. The predicted octanol–water partition coefficient (Wildman–Crippen LogP) is -1.33. The van der Waals surface area contributed by atoms with Crippen LogP contribution in [0.4, 0.5) is 0 Å². The molecule has 4 nitrogen and oxygen atoms in total. The Kier molecular flexibility index (Phi) is 6.30. The quantitative estimate of drug-likeness (QED) is 0.305. The van der Waals surface area contributed by atoms with Crippen LogP contribution in [0.3, 0.4) is 0 Å². The zero-order valence-electron chi connectivity index (χ0n) is 11.4. The predicted molar refractivity (Wildman–Crippen MR) is 73.7 cm³/mol. The molecular weight excluding hydrogens is 365 g/mol. The Morgan fingerprint density at radius 1 is 1.10 bits per heavy atom. The van der Waals surface area contributed by atoms with Crippen molar-refractivity contribution in [2.24, 2.45) is 12.1 Å². The van der Waals surface area contributed by atoms with E-state index in [1.165, 1.54) is 0 Å². The molecule has 1 amide bonds. The highest BCUT2D eigenvalue weighted by molar-refractivity contribution is 6.00. The molecule has 2 rings (SSSR count). The van der Waals surface area contributed by atoms with Gasteiger partial charge in [0, 0.05) is 11.6 Å². The lowest BCUT2D eigenvalue weighted by atomic mass is 10.2. The second-order valence-electron chi connectivity index (χ2n) is 4.26. The summed E-state index contributed by atoms with van der Waals surface area (Å²) in [7, 11) is 1.94. The van der Waals surface area contributed by atoms with E-state index in [2.05, 4.69) is 10.5 Å². The minimum atomic E-state index is -0.208. The molecule has 0 spiro atoms. The molecule has 0 aliphatic carbocycles. The van der Waals surface area contributed by atoms with E-state index < -0.39 is 0 Å². The summed E-state index contributed by atoms with van der Waals surface area (Å²) in [5.74, 6) is -0.208. The van der Waals surface area contributed by atoms with E-state index in [0.29, 0.717) is 5.56 Å². The molecule has 1 N–H and O–H groups in total. The normalized spacial score (nSPS) is 10.6. The van der Waals surface area contributed by atoms with Gasteiger partial charge in [-0.05, 0) is 25.1 Å². The van der Waals surface area contributed by atoms with E-state index in [9.17, 15) is 4.79 Å². The van der Waals surface area contributed by atoms with Gasteiger partial charge in [-0.3, -0.25) is 4.79 Å². The Morgan fingerprint density at radius 2 is 1.75 bits per heavy atom. The van der Waals surface area contributed by atoms with Crippen LogP contribution < -0.4 is 34.0 Å². The van der Waals surface area contributed by atoms with E-state index in [1.807, 2.05) is 61.3 Å². The van der Waals surface area contributed by atoms with Crippen LogP contribution in [0.25, 0.3) is 0 Å². The fraction of sp³-hybridized carbons (Fsp3) is 0.133. The average Bonchev–Trinajstić information content (AvgIpc) is 2.45. The third kappa shape index (κ3) is 4.41. The first kappa shape index (κ1) is 16.3. The highest BCUT2D eigenvalue weighted by Gasteiger charge is 2.05. The van der Waals surface area contributed by atoms with Crippen LogP contribution in [-0.4, -0.2) is 11.6 Å². The van der Waals surface area contributed by atoms with Gasteiger partial charge in [-0.1, -0.05) is 18.2 Å². The summed E-state index contributed by atoms with van der Waals surface area (Å²) >= 11 is 0. The van der Waals surface area contributed by atoms with Crippen LogP contribution in [0.1, 0.15) is 22.8 Å². The monoisotopic (exact) mass is 381 g/mol. The summed E-state index contributed by atoms with van der Waals surface area (Å²) in [6.07, 6.45) is 3.90. The second kappa shape index (κ2) is 7.74. The SMILES string of the molecule is C/C(=N\NC(=O)c1ccccc1)c1ccc[n+](C)c1.[I-]. The summed E-state index contributed by atoms with van der Waals surface area (Å²) in [6.45, 7) is 1.86. The summed E-state index contributed by atoms with van der Waals surface area (Å²) in [6, 6.07) is 12.9. The minimum Gasteiger partial charge on any atom is -1.00 e. The van der Waals surface area contributed by atoms with Crippen LogP contribution in [-0.2, 0) is 7.05 Å². The van der Waals surface area contributed by atoms with Crippen molar-refractivity contribution in [3.63, 3.8) is 0 Å². The number of benzene rings is 1. The Balaban J connectivity index is 0.00000200. The number of carbonyl (C=O) groups is 1. The molecule has 0 fully saturated rings. The standard InChI is InChI=1S/C15H15N3O.HI/c1-12(14-9-6-10-18(2)11-14)16-17-15(19)13-7-4-3-5-8-13;/h3-11H,1-2H3;1H/b16-12+;. The average molecular weight is 381 g/mol. The third-order valence-electron chi connectivity index (χ3n) is 2.72. The Hall–Kier alpha value is -1.76. The molecule has 2 aromatic rings. The van der Waals surface area contributed by atoms with Crippen LogP contribution in [0.2, 0.25) is 0 Å². The zero-order valence-corrected chi connectivity index (χ0v) is 13.5. The van der Waals surface area contributed by atoms with Gasteiger partial charge in [-0.2, -0.15) is 5.10 Å². The molecule has 0 aliphatic rings. The van der Waals surface area contributed by atoms with Crippen molar-refractivity contribution in [3.8, 4) is 0 Å². The van der Waals surface area contributed by atoms with Gasteiger partial charge in [0.1, 0.15) is 7.05 Å². The molecule has 1 aromatic heterocycles. The van der Waals surface area contributed by atoms with Crippen LogP contribution in [0.15, 0.2) is 60.0 Å². The number of hydrogen-bond acceptors (Lipinski definition) is 2. The summed E-state index contributed by atoms with van der Waals surface area (Å²) < 4.78 is 1.94. The van der Waals surface area contributed by atoms with Gasteiger partial charge < -0.3 is 24.0 Å². The molecule has 1 aromatic carbocycles. The highest BCUT2D eigenvalue weighted by Crippen LogP contribution is 1.99. The van der Waals surface area contributed by atoms with Gasteiger partial charge in [-0.15, -0.1) is 0 Å². The Labute approximate surface area is 135 Å². The Morgan fingerprint density at radius 3 is 2.40 bits per heavy atom. The lowest BCUT2D eigenvalue weighted by Crippen LogP contribution is -3.00. The number of hydrazone groups is 1. The van der Waals surface area contributed by atoms with E-state index in [4.69, 9.17) is 0 Å². The van der Waals surface area contributed by atoms with Gasteiger partial charge in [0.05, 0.1) is 11.3 Å². The van der Waals surface area contributed by atoms with Crippen LogP contribution in [0, 0.1) is 0 Å². The fourth-order valence-electron chi connectivity index (χ4n) is 1.66.